The maximum absolute atomic E-state index is 14.1. The summed E-state index contributed by atoms with van der Waals surface area (Å²) < 4.78 is 29.4. The van der Waals surface area contributed by atoms with Gasteiger partial charge in [-0.05, 0) is 75.1 Å². The zero-order valence-corrected chi connectivity index (χ0v) is 22.1. The molecule has 0 aliphatic carbocycles. The number of carbonyl (C=O) groups is 1. The van der Waals surface area contributed by atoms with Gasteiger partial charge in [0.25, 0.3) is 0 Å². The molecule has 1 aliphatic rings. The van der Waals surface area contributed by atoms with Gasteiger partial charge in [0.05, 0.1) is 27.4 Å². The van der Waals surface area contributed by atoms with E-state index in [0.29, 0.717) is 30.2 Å². The third kappa shape index (κ3) is 4.54. The van der Waals surface area contributed by atoms with Crippen molar-refractivity contribution in [3.05, 3.63) is 83.2 Å². The number of hydrogen-bond acceptors (Lipinski definition) is 6. The third-order valence-electron chi connectivity index (χ3n) is 6.73. The van der Waals surface area contributed by atoms with Crippen molar-refractivity contribution < 1.29 is 13.2 Å². The molecule has 186 valence electrons. The van der Waals surface area contributed by atoms with Crippen LogP contribution in [0.3, 0.4) is 0 Å². The van der Waals surface area contributed by atoms with Crippen LogP contribution in [-0.4, -0.2) is 41.2 Å². The van der Waals surface area contributed by atoms with Gasteiger partial charge in [-0.3, -0.25) is 14.7 Å². The van der Waals surface area contributed by atoms with Gasteiger partial charge in [-0.25, -0.2) is 13.4 Å². The molecule has 9 heteroatoms. The van der Waals surface area contributed by atoms with Gasteiger partial charge in [0, 0.05) is 12.7 Å². The van der Waals surface area contributed by atoms with Gasteiger partial charge in [0.1, 0.15) is 6.04 Å². The highest BCUT2D eigenvalue weighted by Crippen LogP contribution is 2.35. The topological polar surface area (TPSA) is 83.5 Å². The Bertz CT molecular complexity index is 1520. The van der Waals surface area contributed by atoms with Crippen LogP contribution in [0.2, 0.25) is 0 Å². The smallest absolute Gasteiger partial charge is 0.247 e. The molecule has 4 aromatic rings. The number of thiazole rings is 1. The lowest BCUT2D eigenvalue weighted by molar-refractivity contribution is -0.121. The van der Waals surface area contributed by atoms with Crippen molar-refractivity contribution >= 4 is 42.6 Å². The summed E-state index contributed by atoms with van der Waals surface area (Å²) in [5, 5.41) is 0.550. The lowest BCUT2D eigenvalue weighted by Gasteiger charge is -2.28. The average Bonchev–Trinajstić information content (AvgIpc) is 3.54. The van der Waals surface area contributed by atoms with Gasteiger partial charge >= 0.3 is 0 Å². The number of pyridine rings is 1. The number of anilines is 1. The lowest BCUT2D eigenvalue weighted by atomic mass is 10.1. The summed E-state index contributed by atoms with van der Waals surface area (Å²) in [4.78, 5) is 25.1. The van der Waals surface area contributed by atoms with Gasteiger partial charge in [-0.1, -0.05) is 41.2 Å². The maximum atomic E-state index is 14.1. The second kappa shape index (κ2) is 9.72. The number of aryl methyl sites for hydroxylation is 3. The Morgan fingerprint density at radius 2 is 1.86 bits per heavy atom. The first-order chi connectivity index (χ1) is 17.3. The van der Waals surface area contributed by atoms with E-state index in [0.717, 1.165) is 26.9 Å². The number of carbonyl (C=O) groups excluding carboxylic acids is 1. The van der Waals surface area contributed by atoms with Gasteiger partial charge < -0.3 is 0 Å². The summed E-state index contributed by atoms with van der Waals surface area (Å²) in [5.41, 5.74) is 4.76. The Kier molecular flexibility index (Phi) is 6.63. The fourth-order valence-corrected chi connectivity index (χ4v) is 7.20. The first-order valence-electron chi connectivity index (χ1n) is 11.9. The number of fused-ring (bicyclic) bond motifs is 1. The number of hydrogen-bond donors (Lipinski definition) is 0. The third-order valence-corrected chi connectivity index (χ3v) is 9.70. The Labute approximate surface area is 215 Å². The number of nitrogens with zero attached hydrogens (tertiary/aromatic N) is 4. The molecule has 1 unspecified atom stereocenters. The molecule has 5 rings (SSSR count). The number of sulfonamides is 1. The van der Waals surface area contributed by atoms with E-state index in [9.17, 15) is 13.2 Å². The summed E-state index contributed by atoms with van der Waals surface area (Å²) in [6.07, 6.45) is 2.77. The van der Waals surface area contributed by atoms with E-state index >= 15 is 0 Å². The summed E-state index contributed by atoms with van der Waals surface area (Å²) in [6.45, 7) is 6.50. The molecule has 0 saturated carbocycles. The Morgan fingerprint density at radius 1 is 1.08 bits per heavy atom. The zero-order chi connectivity index (χ0) is 25.4. The molecule has 0 bridgehead atoms. The predicted molar refractivity (Wildman–Crippen MR) is 143 cm³/mol. The van der Waals surface area contributed by atoms with Gasteiger partial charge in [0.15, 0.2) is 5.13 Å². The summed E-state index contributed by atoms with van der Waals surface area (Å²) in [5.74, 6) is -0.276. The van der Waals surface area contributed by atoms with E-state index in [1.54, 1.807) is 35.4 Å². The highest BCUT2D eigenvalue weighted by Gasteiger charge is 2.42. The molecule has 2 aromatic carbocycles. The molecule has 0 radical (unpaired) electrons. The normalized spacial score (nSPS) is 16.5. The molecule has 0 spiro atoms. The lowest BCUT2D eigenvalue weighted by Crippen LogP contribution is -2.47. The Balaban J connectivity index is 1.54. The van der Waals surface area contributed by atoms with Crippen LogP contribution in [0.15, 0.2) is 65.7 Å². The van der Waals surface area contributed by atoms with Crippen LogP contribution in [0.1, 0.15) is 35.2 Å². The van der Waals surface area contributed by atoms with Crippen molar-refractivity contribution in [2.45, 2.75) is 51.1 Å². The minimum Gasteiger partial charge on any atom is -0.281 e. The quantitative estimate of drug-likeness (QED) is 0.357. The molecule has 3 heterocycles. The van der Waals surface area contributed by atoms with Gasteiger partial charge in [-0.15, -0.1) is 0 Å². The molecular formula is C27H28N4O3S2. The molecule has 36 heavy (non-hydrogen) atoms. The molecule has 1 aliphatic heterocycles. The largest absolute Gasteiger partial charge is 0.281 e. The summed E-state index contributed by atoms with van der Waals surface area (Å²) in [7, 11) is -3.82. The highest BCUT2D eigenvalue weighted by molar-refractivity contribution is 7.89. The standard InChI is InChI=1S/C27H28N4O3S2/c1-18-9-12-22(13-10-18)36(33,34)31-16-6-8-23(31)26(32)30(17-21-7-4-5-15-28-21)27-29-25-20(3)19(2)11-14-24(25)35-27/h4-5,7,9-15,23H,6,8,16-17H2,1-3H3. The Morgan fingerprint density at radius 3 is 2.58 bits per heavy atom. The second-order valence-electron chi connectivity index (χ2n) is 9.18. The predicted octanol–water partition coefficient (Wildman–Crippen LogP) is 5.00. The SMILES string of the molecule is Cc1ccc(S(=O)(=O)N2CCCC2C(=O)N(Cc2ccccn2)c2nc3c(C)c(C)ccc3s2)cc1. The van der Waals surface area contributed by atoms with Crippen LogP contribution in [0.25, 0.3) is 10.2 Å². The monoisotopic (exact) mass is 520 g/mol. The minimum atomic E-state index is -3.82. The van der Waals surface area contributed by atoms with Crippen LogP contribution in [0.4, 0.5) is 5.13 Å². The first-order valence-corrected chi connectivity index (χ1v) is 14.2. The molecule has 7 nitrogen and oxygen atoms in total. The van der Waals surface area contributed by atoms with Crippen molar-refractivity contribution in [1.82, 2.24) is 14.3 Å². The van der Waals surface area contributed by atoms with Crippen molar-refractivity contribution in [3.8, 4) is 0 Å². The molecule has 2 aromatic heterocycles. The van der Waals surface area contributed by atoms with Crippen molar-refractivity contribution in [2.75, 3.05) is 11.4 Å². The van der Waals surface area contributed by atoms with E-state index < -0.39 is 16.1 Å². The van der Waals surface area contributed by atoms with Crippen LogP contribution < -0.4 is 4.90 Å². The van der Waals surface area contributed by atoms with Crippen molar-refractivity contribution in [3.63, 3.8) is 0 Å². The first kappa shape index (κ1) is 24.5. The molecule has 1 fully saturated rings. The van der Waals surface area contributed by atoms with E-state index in [1.807, 2.05) is 45.0 Å². The van der Waals surface area contributed by atoms with Crippen LogP contribution in [-0.2, 0) is 21.4 Å². The highest BCUT2D eigenvalue weighted by atomic mass is 32.2. The molecular weight excluding hydrogens is 492 g/mol. The molecule has 0 N–H and O–H groups in total. The van der Waals surface area contributed by atoms with Gasteiger partial charge in [0.2, 0.25) is 15.9 Å². The maximum Gasteiger partial charge on any atom is 0.247 e. The average molecular weight is 521 g/mol. The fourth-order valence-electron chi connectivity index (χ4n) is 4.52. The van der Waals surface area contributed by atoms with E-state index in [2.05, 4.69) is 11.1 Å². The zero-order valence-electron chi connectivity index (χ0n) is 20.5. The number of aromatic nitrogens is 2. The van der Waals surface area contributed by atoms with Crippen LogP contribution in [0, 0.1) is 20.8 Å². The van der Waals surface area contributed by atoms with Crippen LogP contribution >= 0.6 is 11.3 Å². The fraction of sp³-hybridized carbons (Fsp3) is 0.296. The second-order valence-corrected chi connectivity index (χ2v) is 12.1. The minimum absolute atomic E-state index is 0.204. The van der Waals surface area contributed by atoms with Gasteiger partial charge in [-0.2, -0.15) is 4.31 Å². The molecule has 1 saturated heterocycles. The van der Waals surface area contributed by atoms with Crippen molar-refractivity contribution in [2.24, 2.45) is 0 Å². The van der Waals surface area contributed by atoms with E-state index in [4.69, 9.17) is 4.98 Å². The molecule has 1 amide bonds. The number of rotatable bonds is 6. The number of amides is 1. The van der Waals surface area contributed by atoms with E-state index in [1.165, 1.54) is 15.6 Å². The van der Waals surface area contributed by atoms with E-state index in [-0.39, 0.29) is 17.3 Å². The molecule has 1 atom stereocenters. The number of benzene rings is 2. The summed E-state index contributed by atoms with van der Waals surface area (Å²) in [6, 6.07) is 15.6. The van der Waals surface area contributed by atoms with Crippen molar-refractivity contribution in [1.29, 1.82) is 0 Å². The summed E-state index contributed by atoms with van der Waals surface area (Å²) >= 11 is 1.44. The Hall–Kier alpha value is -3.14. The van der Waals surface area contributed by atoms with Crippen LogP contribution in [0.5, 0.6) is 0 Å².